The van der Waals surface area contributed by atoms with Crippen LogP contribution in [0.4, 0.5) is 18.0 Å². The van der Waals surface area contributed by atoms with Crippen LogP contribution in [-0.4, -0.2) is 40.4 Å². The van der Waals surface area contributed by atoms with Gasteiger partial charge in [-0.25, -0.2) is 14.8 Å². The van der Waals surface area contributed by atoms with Crippen molar-refractivity contribution < 1.29 is 41.8 Å². The molecule has 0 atom stereocenters. The van der Waals surface area contributed by atoms with Gasteiger partial charge in [0.15, 0.2) is 5.75 Å². The molecular formula is C27H25F3N4O6. The van der Waals surface area contributed by atoms with E-state index in [9.17, 15) is 27.6 Å². The summed E-state index contributed by atoms with van der Waals surface area (Å²) in [5, 5.41) is 5.35. The molecule has 10 nitrogen and oxygen atoms in total. The molecule has 0 radical (unpaired) electrons. The second-order valence-electron chi connectivity index (χ2n) is 9.00. The van der Waals surface area contributed by atoms with Gasteiger partial charge in [0.1, 0.15) is 40.5 Å². The summed E-state index contributed by atoms with van der Waals surface area (Å²) in [5.41, 5.74) is -1.73. The lowest BCUT2D eigenvalue weighted by Crippen LogP contribution is -2.60. The first kappa shape index (κ1) is 28.3. The first-order chi connectivity index (χ1) is 19.1. The molecule has 13 heteroatoms. The topological polar surface area (TPSA) is 129 Å². The Morgan fingerprint density at radius 2 is 1.62 bits per heavy atom. The van der Waals surface area contributed by atoms with Gasteiger partial charge in [0.05, 0.1) is 19.5 Å². The van der Waals surface area contributed by atoms with Gasteiger partial charge in [-0.1, -0.05) is 12.1 Å². The quantitative estimate of drug-likeness (QED) is 0.411. The first-order valence-corrected chi connectivity index (χ1v) is 12.1. The number of ketones is 1. The molecule has 0 saturated heterocycles. The number of benzene rings is 2. The van der Waals surface area contributed by atoms with Crippen molar-refractivity contribution >= 4 is 17.8 Å². The van der Waals surface area contributed by atoms with Crippen molar-refractivity contribution in [2.45, 2.75) is 43.9 Å². The average Bonchev–Trinajstić information content (AvgIpc) is 2.94. The summed E-state index contributed by atoms with van der Waals surface area (Å²) in [6, 6.07) is 9.50. The van der Waals surface area contributed by atoms with Crippen LogP contribution in [0.1, 0.15) is 36.8 Å². The highest BCUT2D eigenvalue weighted by Crippen LogP contribution is 2.40. The van der Waals surface area contributed by atoms with Gasteiger partial charge in [-0.2, -0.15) is 13.2 Å². The summed E-state index contributed by atoms with van der Waals surface area (Å²) in [7, 11) is 1.27. The molecule has 1 saturated carbocycles. The van der Waals surface area contributed by atoms with Crippen molar-refractivity contribution in [2.24, 2.45) is 0 Å². The van der Waals surface area contributed by atoms with Crippen LogP contribution in [0.25, 0.3) is 0 Å². The number of hydrogen-bond donors (Lipinski definition) is 2. The van der Waals surface area contributed by atoms with Crippen molar-refractivity contribution in [3.05, 3.63) is 72.3 Å². The fourth-order valence-corrected chi connectivity index (χ4v) is 4.13. The highest BCUT2D eigenvalue weighted by molar-refractivity contribution is 5.93. The lowest BCUT2D eigenvalue weighted by Gasteiger charge is -2.35. The number of halogens is 3. The Labute approximate surface area is 226 Å². The van der Waals surface area contributed by atoms with Crippen molar-refractivity contribution in [1.29, 1.82) is 0 Å². The number of nitrogens with zero attached hydrogens (tertiary/aromatic N) is 2. The molecule has 1 fully saturated rings. The van der Waals surface area contributed by atoms with E-state index in [4.69, 9.17) is 14.2 Å². The van der Waals surface area contributed by atoms with Crippen LogP contribution in [0.15, 0.2) is 61.2 Å². The predicted octanol–water partition coefficient (Wildman–Crippen LogP) is 4.58. The number of alkyl halides is 3. The normalized spacial score (nSPS) is 14.7. The third-order valence-electron chi connectivity index (χ3n) is 6.28. The lowest BCUT2D eigenvalue weighted by molar-refractivity contribution is -0.138. The third kappa shape index (κ3) is 7.04. The van der Waals surface area contributed by atoms with Gasteiger partial charge >= 0.3 is 12.3 Å². The Bertz CT molecular complexity index is 1360. The minimum Gasteiger partial charge on any atom is -0.497 e. The minimum atomic E-state index is -4.65. The second-order valence-corrected chi connectivity index (χ2v) is 9.00. The maximum Gasteiger partial charge on any atom is 0.420 e. The van der Waals surface area contributed by atoms with Crippen LogP contribution in [0, 0.1) is 0 Å². The molecule has 210 valence electrons. The number of amides is 2. The molecule has 2 amide bonds. The molecule has 40 heavy (non-hydrogen) atoms. The van der Waals surface area contributed by atoms with E-state index in [1.165, 1.54) is 50.1 Å². The smallest absolute Gasteiger partial charge is 0.420 e. The SMILES string of the molecule is COc1ccc(Oc2ccc(CNC(=O)C3(NC(=O)Oc4cncnc4)CCC(=O)CC3)cc2)c(C(F)(F)F)c1. The van der Waals surface area contributed by atoms with E-state index in [1.54, 1.807) is 12.1 Å². The summed E-state index contributed by atoms with van der Waals surface area (Å²) in [4.78, 5) is 45.1. The van der Waals surface area contributed by atoms with E-state index in [0.717, 1.165) is 6.07 Å². The van der Waals surface area contributed by atoms with Crippen molar-refractivity contribution in [3.63, 3.8) is 0 Å². The largest absolute Gasteiger partial charge is 0.497 e. The van der Waals surface area contributed by atoms with E-state index < -0.39 is 29.3 Å². The van der Waals surface area contributed by atoms with Gasteiger partial charge in [0.2, 0.25) is 5.91 Å². The number of rotatable bonds is 8. The second kappa shape index (κ2) is 12.0. The van der Waals surface area contributed by atoms with Crippen LogP contribution in [-0.2, 0) is 22.3 Å². The van der Waals surface area contributed by atoms with Crippen LogP contribution in [0.3, 0.4) is 0 Å². The fourth-order valence-electron chi connectivity index (χ4n) is 4.13. The Hall–Kier alpha value is -4.68. The van der Waals surface area contributed by atoms with Gasteiger partial charge in [-0.05, 0) is 48.7 Å². The van der Waals surface area contributed by atoms with Gasteiger partial charge in [0.25, 0.3) is 0 Å². The van der Waals surface area contributed by atoms with Gasteiger partial charge in [-0.15, -0.1) is 0 Å². The third-order valence-corrected chi connectivity index (χ3v) is 6.28. The Morgan fingerprint density at radius 3 is 2.25 bits per heavy atom. The molecule has 1 aliphatic rings. The Kier molecular flexibility index (Phi) is 8.51. The molecule has 0 bridgehead atoms. The van der Waals surface area contributed by atoms with E-state index in [1.807, 2.05) is 0 Å². The number of carbonyl (C=O) groups excluding carboxylic acids is 3. The zero-order valence-corrected chi connectivity index (χ0v) is 21.3. The molecule has 0 aliphatic heterocycles. The molecule has 0 unspecified atom stereocenters. The molecule has 1 aliphatic carbocycles. The number of carbonyl (C=O) groups is 3. The summed E-state index contributed by atoms with van der Waals surface area (Å²) < 4.78 is 55.9. The molecule has 3 aromatic rings. The molecule has 4 rings (SSSR count). The number of nitrogens with one attached hydrogen (secondary N) is 2. The number of Topliss-reactive ketones (excluding diaryl/α,β-unsaturated/α-hetero) is 1. The van der Waals surface area contributed by atoms with Crippen LogP contribution in [0.5, 0.6) is 23.0 Å². The molecule has 2 N–H and O–H groups in total. The highest BCUT2D eigenvalue weighted by Gasteiger charge is 2.43. The van der Waals surface area contributed by atoms with E-state index in [2.05, 4.69) is 20.6 Å². The molecule has 2 aromatic carbocycles. The number of aromatic nitrogens is 2. The number of ether oxygens (including phenoxy) is 3. The van der Waals surface area contributed by atoms with Crippen molar-refractivity contribution in [1.82, 2.24) is 20.6 Å². The summed E-state index contributed by atoms with van der Waals surface area (Å²) >= 11 is 0. The summed E-state index contributed by atoms with van der Waals surface area (Å²) in [6.07, 6.45) is -1.29. The highest BCUT2D eigenvalue weighted by atomic mass is 19.4. The van der Waals surface area contributed by atoms with Crippen LogP contribution in [0.2, 0.25) is 0 Å². The predicted molar refractivity (Wildman–Crippen MR) is 134 cm³/mol. The van der Waals surface area contributed by atoms with Gasteiger partial charge < -0.3 is 24.8 Å². The number of methoxy groups -OCH3 is 1. The molecule has 1 aromatic heterocycles. The molecule has 1 heterocycles. The standard InChI is InChI=1S/C27H25F3N4O6/c1-38-20-6-7-23(22(12-20)27(28,29)30)39-19-4-2-17(3-5-19)13-33-24(36)26(10-8-18(35)9-11-26)34-25(37)40-21-14-31-16-32-15-21/h2-7,12,14-16H,8-11,13H2,1H3,(H,33,36)(H,34,37). The lowest BCUT2D eigenvalue weighted by atomic mass is 9.80. The zero-order valence-electron chi connectivity index (χ0n) is 21.3. The fraction of sp³-hybridized carbons (Fsp3) is 0.296. The molecular weight excluding hydrogens is 533 g/mol. The van der Waals surface area contributed by atoms with Crippen LogP contribution < -0.4 is 24.8 Å². The minimum absolute atomic E-state index is 0.0174. The summed E-state index contributed by atoms with van der Waals surface area (Å²) in [6.45, 7) is 0.0500. The maximum atomic E-state index is 13.5. The Balaban J connectivity index is 1.40. The van der Waals surface area contributed by atoms with Gasteiger partial charge in [-0.3, -0.25) is 9.59 Å². The van der Waals surface area contributed by atoms with E-state index in [0.29, 0.717) is 5.56 Å². The Morgan fingerprint density at radius 1 is 0.975 bits per heavy atom. The first-order valence-electron chi connectivity index (χ1n) is 12.1. The average molecular weight is 559 g/mol. The molecule has 0 spiro atoms. The number of hydrogen-bond acceptors (Lipinski definition) is 8. The maximum absolute atomic E-state index is 13.5. The van der Waals surface area contributed by atoms with Crippen molar-refractivity contribution in [3.8, 4) is 23.0 Å². The monoisotopic (exact) mass is 558 g/mol. The van der Waals surface area contributed by atoms with E-state index in [-0.39, 0.29) is 61.0 Å². The van der Waals surface area contributed by atoms with Gasteiger partial charge in [0, 0.05) is 19.4 Å². The van der Waals surface area contributed by atoms with E-state index >= 15 is 0 Å². The summed E-state index contributed by atoms with van der Waals surface area (Å²) in [5.74, 6) is -0.624. The van der Waals surface area contributed by atoms with Crippen molar-refractivity contribution in [2.75, 3.05) is 7.11 Å². The zero-order chi connectivity index (χ0) is 28.8. The van der Waals surface area contributed by atoms with Crippen LogP contribution >= 0.6 is 0 Å².